The molecule has 3 rings (SSSR count). The van der Waals surface area contributed by atoms with Gasteiger partial charge in [0.2, 0.25) is 0 Å². The number of hydrazine groups is 1. The third-order valence-electron chi connectivity index (χ3n) is 4.42. The Morgan fingerprint density at radius 2 is 1.97 bits per heavy atom. The average Bonchev–Trinajstić information content (AvgIpc) is 3.36. The molecule has 0 saturated heterocycles. The van der Waals surface area contributed by atoms with Gasteiger partial charge in [0.25, 0.3) is 0 Å². The van der Waals surface area contributed by atoms with Crippen LogP contribution in [0.4, 0.5) is 5.69 Å². The minimum atomic E-state index is -0.451. The first-order valence-electron chi connectivity index (χ1n) is 8.98. The molecule has 0 bridgehead atoms. The van der Waals surface area contributed by atoms with Crippen molar-refractivity contribution in [1.82, 2.24) is 30.4 Å². The van der Waals surface area contributed by atoms with Gasteiger partial charge in [-0.3, -0.25) is 25.0 Å². The molecule has 0 radical (unpaired) electrons. The highest BCUT2D eigenvalue weighted by molar-refractivity contribution is 7.80. The molecule has 3 N–H and O–H groups in total. The highest BCUT2D eigenvalue weighted by Crippen LogP contribution is 2.20. The van der Waals surface area contributed by atoms with Crippen LogP contribution in [-0.2, 0) is 13.1 Å². The Hall–Kier alpha value is -2.85. The summed E-state index contributed by atoms with van der Waals surface area (Å²) in [4.78, 5) is 12.3. The van der Waals surface area contributed by atoms with Crippen molar-refractivity contribution in [3.63, 3.8) is 0 Å². The molecule has 0 unspecified atom stereocenters. The molecule has 3 heterocycles. The molecule has 0 fully saturated rings. The zero-order valence-electron chi connectivity index (χ0n) is 16.5. The SMILES string of the molecule is CCn1ncc(NC(=S)NNC(=O)c2ccc(Cn3nc(C)c(Cl)c3C)o2)c1C. The predicted octanol–water partition coefficient (Wildman–Crippen LogP) is 2.95. The minimum absolute atomic E-state index is 0.151. The highest BCUT2D eigenvalue weighted by Gasteiger charge is 2.15. The summed E-state index contributed by atoms with van der Waals surface area (Å²) in [5.41, 5.74) is 8.46. The molecule has 0 spiro atoms. The Labute approximate surface area is 178 Å². The van der Waals surface area contributed by atoms with Gasteiger partial charge in [-0.1, -0.05) is 11.6 Å². The molecule has 0 aromatic carbocycles. The summed E-state index contributed by atoms with van der Waals surface area (Å²) in [6.07, 6.45) is 1.68. The number of hydrogen-bond acceptors (Lipinski definition) is 5. The molecule has 11 heteroatoms. The summed E-state index contributed by atoms with van der Waals surface area (Å²) >= 11 is 11.4. The van der Waals surface area contributed by atoms with Crippen molar-refractivity contribution in [2.75, 3.05) is 5.32 Å². The summed E-state index contributed by atoms with van der Waals surface area (Å²) < 4.78 is 9.18. The number of hydrogen-bond donors (Lipinski definition) is 3. The van der Waals surface area contributed by atoms with Crippen LogP contribution in [0.5, 0.6) is 0 Å². The van der Waals surface area contributed by atoms with Gasteiger partial charge < -0.3 is 9.73 Å². The Kier molecular flexibility index (Phi) is 6.23. The summed E-state index contributed by atoms with van der Waals surface area (Å²) in [6, 6.07) is 3.31. The molecular weight excluding hydrogens is 414 g/mol. The van der Waals surface area contributed by atoms with E-state index in [2.05, 4.69) is 26.4 Å². The lowest BCUT2D eigenvalue weighted by Crippen LogP contribution is -2.43. The van der Waals surface area contributed by atoms with Crippen molar-refractivity contribution in [3.8, 4) is 0 Å². The van der Waals surface area contributed by atoms with Crippen molar-refractivity contribution < 1.29 is 9.21 Å². The van der Waals surface area contributed by atoms with Crippen LogP contribution in [0.2, 0.25) is 5.02 Å². The lowest BCUT2D eigenvalue weighted by molar-refractivity contribution is 0.0914. The minimum Gasteiger partial charge on any atom is -0.454 e. The Bertz CT molecular complexity index is 1050. The van der Waals surface area contributed by atoms with Crippen molar-refractivity contribution in [3.05, 3.63) is 52.0 Å². The fraction of sp³-hybridized carbons (Fsp3) is 0.333. The Morgan fingerprint density at radius 1 is 1.21 bits per heavy atom. The quantitative estimate of drug-likeness (QED) is 0.418. The van der Waals surface area contributed by atoms with Gasteiger partial charge in [0, 0.05) is 6.54 Å². The van der Waals surface area contributed by atoms with E-state index < -0.39 is 5.91 Å². The maximum absolute atomic E-state index is 12.3. The van der Waals surface area contributed by atoms with Gasteiger partial charge in [-0.05, 0) is 52.0 Å². The van der Waals surface area contributed by atoms with E-state index in [0.717, 1.165) is 29.3 Å². The normalized spacial score (nSPS) is 10.8. The zero-order chi connectivity index (χ0) is 21.1. The van der Waals surface area contributed by atoms with Gasteiger partial charge in [-0.2, -0.15) is 10.2 Å². The van der Waals surface area contributed by atoms with Crippen molar-refractivity contribution in [2.24, 2.45) is 0 Å². The summed E-state index contributed by atoms with van der Waals surface area (Å²) in [7, 11) is 0. The van der Waals surface area contributed by atoms with Crippen LogP contribution in [0.15, 0.2) is 22.7 Å². The van der Waals surface area contributed by atoms with Crippen molar-refractivity contribution in [1.29, 1.82) is 0 Å². The molecular formula is C18H22ClN7O2S. The molecule has 0 aliphatic rings. The number of nitrogens with zero attached hydrogens (tertiary/aromatic N) is 4. The number of carbonyl (C=O) groups excluding carboxylic acids is 1. The van der Waals surface area contributed by atoms with Crippen LogP contribution < -0.4 is 16.2 Å². The second kappa shape index (κ2) is 8.66. The number of anilines is 1. The van der Waals surface area contributed by atoms with Gasteiger partial charge in [0.15, 0.2) is 10.9 Å². The van der Waals surface area contributed by atoms with Crippen LogP contribution in [-0.4, -0.2) is 30.6 Å². The molecule has 1 amide bonds. The first-order chi connectivity index (χ1) is 13.8. The number of aryl methyl sites for hydroxylation is 2. The second-order valence-corrected chi connectivity index (χ2v) is 7.19. The van der Waals surface area contributed by atoms with Gasteiger partial charge >= 0.3 is 5.91 Å². The fourth-order valence-corrected chi connectivity index (χ4v) is 3.07. The predicted molar refractivity (Wildman–Crippen MR) is 114 cm³/mol. The molecule has 0 saturated carbocycles. The third-order valence-corrected chi connectivity index (χ3v) is 5.18. The van der Waals surface area contributed by atoms with Crippen LogP contribution in [0.25, 0.3) is 0 Å². The standard InChI is InChI=1S/C18H22ClN7O2S/c1-5-25-11(3)14(8-20-25)21-18(29)23-22-17(27)15-7-6-13(28-15)9-26-12(4)16(19)10(2)24-26/h6-8H,5,9H2,1-4H3,(H,22,27)(H2,21,23,29). The molecule has 3 aromatic heterocycles. The molecule has 0 aliphatic carbocycles. The van der Waals surface area contributed by atoms with E-state index in [-0.39, 0.29) is 10.9 Å². The van der Waals surface area contributed by atoms with Crippen molar-refractivity contribution >= 4 is 40.5 Å². The number of furan rings is 1. The molecule has 0 aliphatic heterocycles. The van der Waals surface area contributed by atoms with Crippen molar-refractivity contribution in [2.45, 2.75) is 40.8 Å². The van der Waals surface area contributed by atoms with Gasteiger partial charge in [-0.15, -0.1) is 0 Å². The monoisotopic (exact) mass is 435 g/mol. The number of carbonyl (C=O) groups is 1. The molecule has 3 aromatic rings. The Morgan fingerprint density at radius 3 is 2.59 bits per heavy atom. The maximum Gasteiger partial charge on any atom is 0.305 e. The lowest BCUT2D eigenvalue weighted by Gasteiger charge is -2.10. The highest BCUT2D eigenvalue weighted by atomic mass is 35.5. The van der Waals surface area contributed by atoms with E-state index in [1.807, 2.05) is 32.4 Å². The van der Waals surface area contributed by atoms with E-state index in [1.165, 1.54) is 0 Å². The van der Waals surface area contributed by atoms with Crippen LogP contribution in [0.1, 0.15) is 40.3 Å². The van der Waals surface area contributed by atoms with Gasteiger partial charge in [0.1, 0.15) is 5.76 Å². The summed E-state index contributed by atoms with van der Waals surface area (Å²) in [5.74, 6) is 0.284. The first-order valence-corrected chi connectivity index (χ1v) is 9.76. The van der Waals surface area contributed by atoms with Crippen LogP contribution >= 0.6 is 23.8 Å². The molecule has 9 nitrogen and oxygen atoms in total. The number of thiocarbonyl (C=S) groups is 1. The Balaban J connectivity index is 1.55. The van der Waals surface area contributed by atoms with Gasteiger partial charge in [-0.25, -0.2) is 0 Å². The number of halogens is 1. The summed E-state index contributed by atoms with van der Waals surface area (Å²) in [5, 5.41) is 12.4. The number of nitrogens with one attached hydrogen (secondary N) is 3. The number of amides is 1. The van der Waals surface area contributed by atoms with Crippen LogP contribution in [0.3, 0.4) is 0 Å². The van der Waals surface area contributed by atoms with E-state index in [4.69, 9.17) is 28.2 Å². The first kappa shape index (κ1) is 20.9. The number of aromatic nitrogens is 4. The van der Waals surface area contributed by atoms with Crippen LogP contribution in [0, 0.1) is 20.8 Å². The van der Waals surface area contributed by atoms with E-state index in [0.29, 0.717) is 17.3 Å². The van der Waals surface area contributed by atoms with Gasteiger partial charge in [0.05, 0.1) is 40.5 Å². The van der Waals surface area contributed by atoms with E-state index >= 15 is 0 Å². The van der Waals surface area contributed by atoms with E-state index in [9.17, 15) is 4.79 Å². The maximum atomic E-state index is 12.3. The number of rotatable bonds is 5. The molecule has 29 heavy (non-hydrogen) atoms. The summed E-state index contributed by atoms with van der Waals surface area (Å²) in [6.45, 7) is 8.78. The van der Waals surface area contributed by atoms with E-state index in [1.54, 1.807) is 23.0 Å². The smallest absolute Gasteiger partial charge is 0.305 e. The molecule has 154 valence electrons. The third kappa shape index (κ3) is 4.60. The average molecular weight is 436 g/mol. The lowest BCUT2D eigenvalue weighted by atomic mass is 10.4. The zero-order valence-corrected chi connectivity index (χ0v) is 18.1. The second-order valence-electron chi connectivity index (χ2n) is 6.40. The topological polar surface area (TPSA) is 102 Å². The molecule has 0 atom stereocenters. The largest absolute Gasteiger partial charge is 0.454 e. The fourth-order valence-electron chi connectivity index (χ4n) is 2.78.